The monoisotopic (exact) mass is 279 g/mol. The Balaban J connectivity index is 2.12. The molecule has 0 amide bonds. The van der Waals surface area contributed by atoms with Gasteiger partial charge in [-0.2, -0.15) is 0 Å². The van der Waals surface area contributed by atoms with Gasteiger partial charge in [0.05, 0.1) is 13.7 Å². The van der Waals surface area contributed by atoms with Crippen molar-refractivity contribution >= 4 is 0 Å². The summed E-state index contributed by atoms with van der Waals surface area (Å²) in [6.07, 6.45) is 6.43. The van der Waals surface area contributed by atoms with Gasteiger partial charge in [-0.25, -0.2) is 4.68 Å². The first-order valence-electron chi connectivity index (χ1n) is 7.60. The molecule has 2 rings (SSSR count). The topological polar surface area (TPSA) is 56.1 Å². The lowest BCUT2D eigenvalue weighted by Gasteiger charge is -2.30. The van der Waals surface area contributed by atoms with Crippen LogP contribution in [-0.4, -0.2) is 29.5 Å². The summed E-state index contributed by atoms with van der Waals surface area (Å²) < 4.78 is 6.63. The molecule has 0 bridgehead atoms. The fourth-order valence-electron chi connectivity index (χ4n) is 3.04. The van der Waals surface area contributed by atoms with Crippen LogP contribution < -0.4 is 15.6 Å². The van der Waals surface area contributed by atoms with E-state index in [1.165, 1.54) is 42.9 Å². The van der Waals surface area contributed by atoms with Crippen LogP contribution >= 0.6 is 0 Å². The van der Waals surface area contributed by atoms with Crippen molar-refractivity contribution in [1.82, 2.24) is 15.1 Å². The normalized spacial score (nSPS) is 17.9. The number of hydrogen-bond acceptors (Lipinski definition) is 4. The van der Waals surface area contributed by atoms with Crippen molar-refractivity contribution in [2.24, 2.45) is 5.92 Å². The lowest BCUT2D eigenvalue weighted by atomic mass is 9.84. The highest BCUT2D eigenvalue weighted by molar-refractivity contribution is 5.06. The van der Waals surface area contributed by atoms with Crippen molar-refractivity contribution < 1.29 is 4.74 Å². The van der Waals surface area contributed by atoms with Crippen LogP contribution in [0.4, 0.5) is 0 Å². The number of likely N-dealkylation sites (N-methyl/N-ethyl adjacent to an activating group) is 1. The Morgan fingerprint density at radius 2 is 2.15 bits per heavy atom. The molecular formula is C15H25N3O2. The number of ether oxygens (including phenoxy) is 1. The van der Waals surface area contributed by atoms with E-state index in [0.717, 1.165) is 6.54 Å². The van der Waals surface area contributed by atoms with E-state index in [0.29, 0.717) is 24.4 Å². The van der Waals surface area contributed by atoms with E-state index < -0.39 is 0 Å². The molecule has 0 spiro atoms. The predicted octanol–water partition coefficient (Wildman–Crippen LogP) is 1.81. The van der Waals surface area contributed by atoms with Crippen molar-refractivity contribution in [1.29, 1.82) is 0 Å². The maximum Gasteiger partial charge on any atom is 0.267 e. The van der Waals surface area contributed by atoms with Gasteiger partial charge in [0.1, 0.15) is 0 Å². The second-order valence-corrected chi connectivity index (χ2v) is 5.46. The number of aromatic nitrogens is 2. The number of nitrogens with zero attached hydrogens (tertiary/aromatic N) is 2. The summed E-state index contributed by atoms with van der Waals surface area (Å²) in [5, 5.41) is 7.77. The van der Waals surface area contributed by atoms with Crippen LogP contribution in [0.5, 0.6) is 5.88 Å². The molecule has 1 heterocycles. The van der Waals surface area contributed by atoms with Crippen LogP contribution in [0.15, 0.2) is 16.9 Å². The summed E-state index contributed by atoms with van der Waals surface area (Å²) >= 11 is 0. The minimum atomic E-state index is -0.0653. The molecule has 0 aliphatic heterocycles. The van der Waals surface area contributed by atoms with Crippen LogP contribution in [0.2, 0.25) is 0 Å². The summed E-state index contributed by atoms with van der Waals surface area (Å²) in [4.78, 5) is 11.9. The summed E-state index contributed by atoms with van der Waals surface area (Å²) in [6, 6.07) is 3.45. The molecule has 20 heavy (non-hydrogen) atoms. The first-order chi connectivity index (χ1) is 9.74. The standard InChI is InChI=1S/C15H25N3O2/c1-3-16-13(12-7-5-4-6-8-12)11-18-15(19)10-9-14(17-18)20-2/h9-10,12-13,16H,3-8,11H2,1-2H3. The second-order valence-electron chi connectivity index (χ2n) is 5.46. The molecule has 1 fully saturated rings. The molecule has 1 atom stereocenters. The fourth-order valence-corrected chi connectivity index (χ4v) is 3.04. The third-order valence-corrected chi connectivity index (χ3v) is 4.11. The molecule has 1 aliphatic carbocycles. The van der Waals surface area contributed by atoms with E-state index in [4.69, 9.17) is 4.74 Å². The van der Waals surface area contributed by atoms with E-state index in [1.54, 1.807) is 13.2 Å². The highest BCUT2D eigenvalue weighted by Crippen LogP contribution is 2.27. The van der Waals surface area contributed by atoms with Gasteiger partial charge in [0, 0.05) is 18.2 Å². The Morgan fingerprint density at radius 3 is 2.80 bits per heavy atom. The second kappa shape index (κ2) is 7.43. The van der Waals surface area contributed by atoms with Gasteiger partial charge in [0.15, 0.2) is 0 Å². The Bertz CT molecular complexity index is 466. The van der Waals surface area contributed by atoms with Crippen molar-refractivity contribution in [3.63, 3.8) is 0 Å². The smallest absolute Gasteiger partial charge is 0.267 e. The Morgan fingerprint density at radius 1 is 1.40 bits per heavy atom. The number of hydrogen-bond donors (Lipinski definition) is 1. The van der Waals surface area contributed by atoms with Gasteiger partial charge < -0.3 is 10.1 Å². The minimum Gasteiger partial charge on any atom is -0.480 e. The molecular weight excluding hydrogens is 254 g/mol. The van der Waals surface area contributed by atoms with E-state index >= 15 is 0 Å². The summed E-state index contributed by atoms with van der Waals surface area (Å²) in [5.41, 5.74) is -0.0653. The highest BCUT2D eigenvalue weighted by Gasteiger charge is 2.24. The van der Waals surface area contributed by atoms with Crippen LogP contribution in [0.1, 0.15) is 39.0 Å². The van der Waals surface area contributed by atoms with Crippen LogP contribution in [0.25, 0.3) is 0 Å². The van der Waals surface area contributed by atoms with Crippen LogP contribution in [0.3, 0.4) is 0 Å². The average molecular weight is 279 g/mol. The molecule has 5 heteroatoms. The minimum absolute atomic E-state index is 0.0653. The maximum absolute atomic E-state index is 11.9. The van der Waals surface area contributed by atoms with E-state index in [1.807, 2.05) is 0 Å². The SMILES string of the molecule is CCNC(Cn1nc(OC)ccc1=O)C1CCCCC1. The summed E-state index contributed by atoms with van der Waals surface area (Å²) in [5.74, 6) is 1.13. The third-order valence-electron chi connectivity index (χ3n) is 4.11. The van der Waals surface area contributed by atoms with Crippen LogP contribution in [0, 0.1) is 5.92 Å². The molecule has 0 aromatic carbocycles. The molecule has 5 nitrogen and oxygen atoms in total. The molecule has 1 N–H and O–H groups in total. The van der Waals surface area contributed by atoms with E-state index in [2.05, 4.69) is 17.3 Å². The first kappa shape index (κ1) is 15.0. The molecule has 1 aromatic rings. The molecule has 0 radical (unpaired) electrons. The summed E-state index contributed by atoms with van der Waals surface area (Å²) in [7, 11) is 1.57. The molecule has 112 valence electrons. The Hall–Kier alpha value is -1.36. The summed E-state index contributed by atoms with van der Waals surface area (Å²) in [6.45, 7) is 3.64. The predicted molar refractivity (Wildman–Crippen MR) is 79.1 cm³/mol. The lowest BCUT2D eigenvalue weighted by molar-refractivity contribution is 0.239. The third kappa shape index (κ3) is 3.82. The first-order valence-corrected chi connectivity index (χ1v) is 7.60. The fraction of sp³-hybridized carbons (Fsp3) is 0.733. The Kier molecular flexibility index (Phi) is 5.59. The van der Waals surface area contributed by atoms with Crippen molar-refractivity contribution in [2.45, 2.75) is 51.6 Å². The average Bonchev–Trinajstić information content (AvgIpc) is 2.49. The molecule has 1 aromatic heterocycles. The van der Waals surface area contributed by atoms with Crippen molar-refractivity contribution in [3.05, 3.63) is 22.5 Å². The van der Waals surface area contributed by atoms with E-state index in [-0.39, 0.29) is 5.56 Å². The number of rotatable bonds is 6. The van der Waals surface area contributed by atoms with E-state index in [9.17, 15) is 4.79 Å². The zero-order valence-electron chi connectivity index (χ0n) is 12.5. The lowest BCUT2D eigenvalue weighted by Crippen LogP contribution is -2.43. The maximum atomic E-state index is 11.9. The quantitative estimate of drug-likeness (QED) is 0.863. The van der Waals surface area contributed by atoms with Crippen molar-refractivity contribution in [2.75, 3.05) is 13.7 Å². The van der Waals surface area contributed by atoms with Gasteiger partial charge in [0.2, 0.25) is 5.88 Å². The van der Waals surface area contributed by atoms with Gasteiger partial charge in [0.25, 0.3) is 5.56 Å². The highest BCUT2D eigenvalue weighted by atomic mass is 16.5. The van der Waals surface area contributed by atoms with Crippen LogP contribution in [-0.2, 0) is 6.54 Å². The zero-order valence-corrected chi connectivity index (χ0v) is 12.5. The van der Waals surface area contributed by atoms with Gasteiger partial charge >= 0.3 is 0 Å². The molecule has 1 unspecified atom stereocenters. The Labute approximate surface area is 120 Å². The van der Waals surface area contributed by atoms with Gasteiger partial charge in [-0.05, 0) is 25.3 Å². The van der Waals surface area contributed by atoms with Gasteiger partial charge in [-0.15, -0.1) is 5.10 Å². The zero-order chi connectivity index (χ0) is 14.4. The van der Waals surface area contributed by atoms with Gasteiger partial charge in [-0.3, -0.25) is 4.79 Å². The number of methoxy groups -OCH3 is 1. The number of nitrogens with one attached hydrogen (secondary N) is 1. The molecule has 1 aliphatic rings. The largest absolute Gasteiger partial charge is 0.480 e. The molecule has 1 saturated carbocycles. The van der Waals surface area contributed by atoms with Gasteiger partial charge in [-0.1, -0.05) is 26.2 Å². The van der Waals surface area contributed by atoms with Crippen molar-refractivity contribution in [3.8, 4) is 5.88 Å². The molecule has 0 saturated heterocycles.